The second-order valence-electron chi connectivity index (χ2n) is 4.78. The van der Waals surface area contributed by atoms with E-state index in [1.54, 1.807) is 7.05 Å². The quantitative estimate of drug-likeness (QED) is 0.445. The molecular formula is C15H26IN3O. The molecule has 114 valence electrons. The highest BCUT2D eigenvalue weighted by Crippen LogP contribution is 2.12. The minimum atomic E-state index is 0. The van der Waals surface area contributed by atoms with E-state index in [9.17, 15) is 0 Å². The molecule has 0 heterocycles. The van der Waals surface area contributed by atoms with Crippen LogP contribution in [-0.4, -0.2) is 26.2 Å². The van der Waals surface area contributed by atoms with Gasteiger partial charge in [0, 0.05) is 20.1 Å². The molecule has 1 rings (SSSR count). The number of hydrogen-bond acceptors (Lipinski definition) is 2. The fourth-order valence-electron chi connectivity index (χ4n) is 1.62. The molecule has 1 aromatic rings. The molecule has 0 saturated heterocycles. The van der Waals surface area contributed by atoms with E-state index in [0.29, 0.717) is 12.5 Å². The number of aliphatic imine (C=N–C) groups is 1. The summed E-state index contributed by atoms with van der Waals surface area (Å²) in [6.07, 6.45) is 0. The van der Waals surface area contributed by atoms with E-state index < -0.39 is 0 Å². The molecule has 4 nitrogen and oxygen atoms in total. The molecule has 0 spiro atoms. The van der Waals surface area contributed by atoms with Gasteiger partial charge in [0.05, 0.1) is 6.61 Å². The monoisotopic (exact) mass is 391 g/mol. The van der Waals surface area contributed by atoms with Gasteiger partial charge in [-0.3, -0.25) is 4.99 Å². The van der Waals surface area contributed by atoms with Crippen LogP contribution in [0.5, 0.6) is 5.75 Å². The van der Waals surface area contributed by atoms with Crippen LogP contribution < -0.4 is 15.4 Å². The number of nitrogens with zero attached hydrogens (tertiary/aromatic N) is 1. The van der Waals surface area contributed by atoms with E-state index in [4.69, 9.17) is 4.74 Å². The van der Waals surface area contributed by atoms with Gasteiger partial charge in [-0.15, -0.1) is 24.0 Å². The smallest absolute Gasteiger partial charge is 0.191 e. The number of benzene rings is 1. The molecule has 0 unspecified atom stereocenters. The Balaban J connectivity index is 0.00000361. The highest BCUT2D eigenvalue weighted by molar-refractivity contribution is 14.0. The van der Waals surface area contributed by atoms with E-state index in [2.05, 4.69) is 35.5 Å². The second-order valence-corrected chi connectivity index (χ2v) is 4.78. The highest BCUT2D eigenvalue weighted by atomic mass is 127. The van der Waals surface area contributed by atoms with Crippen molar-refractivity contribution in [2.45, 2.75) is 27.3 Å². The molecule has 0 aliphatic rings. The molecule has 0 fully saturated rings. The van der Waals surface area contributed by atoms with Crippen LogP contribution in [-0.2, 0) is 6.54 Å². The summed E-state index contributed by atoms with van der Waals surface area (Å²) in [5.74, 6) is 2.34. The largest absolute Gasteiger partial charge is 0.494 e. The zero-order valence-corrected chi connectivity index (χ0v) is 15.1. The Labute approximate surface area is 139 Å². The van der Waals surface area contributed by atoms with Crippen molar-refractivity contribution in [3.05, 3.63) is 29.8 Å². The number of ether oxygens (including phenoxy) is 1. The maximum Gasteiger partial charge on any atom is 0.191 e. The highest BCUT2D eigenvalue weighted by Gasteiger charge is 2.00. The number of guanidine groups is 1. The lowest BCUT2D eigenvalue weighted by atomic mass is 10.2. The Bertz CT molecular complexity index is 408. The predicted molar refractivity (Wildman–Crippen MR) is 96.1 cm³/mol. The maximum absolute atomic E-state index is 5.48. The molecule has 0 aliphatic heterocycles. The van der Waals surface area contributed by atoms with Gasteiger partial charge in [0.2, 0.25) is 0 Å². The first-order chi connectivity index (χ1) is 9.15. The molecule has 5 heteroatoms. The van der Waals surface area contributed by atoms with Crippen molar-refractivity contribution >= 4 is 29.9 Å². The summed E-state index contributed by atoms with van der Waals surface area (Å²) in [7, 11) is 1.78. The van der Waals surface area contributed by atoms with Gasteiger partial charge >= 0.3 is 0 Å². The van der Waals surface area contributed by atoms with Gasteiger partial charge in [-0.2, -0.15) is 0 Å². The lowest BCUT2D eigenvalue weighted by Crippen LogP contribution is -2.38. The lowest BCUT2D eigenvalue weighted by Gasteiger charge is -2.13. The van der Waals surface area contributed by atoms with Crippen LogP contribution in [0.3, 0.4) is 0 Å². The van der Waals surface area contributed by atoms with Crippen molar-refractivity contribution in [3.63, 3.8) is 0 Å². The van der Waals surface area contributed by atoms with Crippen LogP contribution in [0.25, 0.3) is 0 Å². The van der Waals surface area contributed by atoms with Gasteiger partial charge in [0.25, 0.3) is 0 Å². The topological polar surface area (TPSA) is 45.6 Å². The molecule has 0 bridgehead atoms. The van der Waals surface area contributed by atoms with Crippen LogP contribution in [0.15, 0.2) is 29.3 Å². The fourth-order valence-corrected chi connectivity index (χ4v) is 1.62. The summed E-state index contributed by atoms with van der Waals surface area (Å²) < 4.78 is 5.48. The molecule has 0 atom stereocenters. The van der Waals surface area contributed by atoms with Crippen molar-refractivity contribution < 1.29 is 4.74 Å². The molecule has 0 aliphatic carbocycles. The fraction of sp³-hybridized carbons (Fsp3) is 0.533. The molecule has 0 amide bonds. The van der Waals surface area contributed by atoms with E-state index in [1.807, 2.05) is 25.1 Å². The van der Waals surface area contributed by atoms with Crippen molar-refractivity contribution in [2.24, 2.45) is 10.9 Å². The third kappa shape index (κ3) is 7.57. The Kier molecular flexibility index (Phi) is 10.2. The van der Waals surface area contributed by atoms with Crippen LogP contribution in [0.4, 0.5) is 0 Å². The maximum atomic E-state index is 5.48. The average Bonchev–Trinajstić information content (AvgIpc) is 2.39. The minimum Gasteiger partial charge on any atom is -0.494 e. The van der Waals surface area contributed by atoms with Crippen molar-refractivity contribution in [1.82, 2.24) is 10.6 Å². The van der Waals surface area contributed by atoms with E-state index in [0.717, 1.165) is 24.8 Å². The second kappa shape index (κ2) is 10.8. The molecule has 0 radical (unpaired) electrons. The third-order valence-electron chi connectivity index (χ3n) is 2.57. The number of hydrogen-bond donors (Lipinski definition) is 2. The molecule has 1 aromatic carbocycles. The Morgan fingerprint density at radius 2 is 2.05 bits per heavy atom. The first-order valence-electron chi connectivity index (χ1n) is 6.82. The summed E-state index contributed by atoms with van der Waals surface area (Å²) >= 11 is 0. The lowest BCUT2D eigenvalue weighted by molar-refractivity contribution is 0.340. The molecule has 2 N–H and O–H groups in total. The number of halogens is 1. The van der Waals surface area contributed by atoms with Gasteiger partial charge in [0.1, 0.15) is 5.75 Å². The van der Waals surface area contributed by atoms with Crippen molar-refractivity contribution in [1.29, 1.82) is 0 Å². The SMILES string of the molecule is CCOc1cccc(CNC(=NC)NCC(C)C)c1.I. The van der Waals surface area contributed by atoms with Crippen LogP contribution in [0, 0.1) is 5.92 Å². The Morgan fingerprint density at radius 3 is 2.65 bits per heavy atom. The molecule has 20 heavy (non-hydrogen) atoms. The van der Waals surface area contributed by atoms with Crippen molar-refractivity contribution in [3.8, 4) is 5.75 Å². The van der Waals surface area contributed by atoms with Gasteiger partial charge in [-0.1, -0.05) is 26.0 Å². The summed E-state index contributed by atoms with van der Waals surface area (Å²) in [5.41, 5.74) is 1.18. The first kappa shape index (κ1) is 19.0. The third-order valence-corrected chi connectivity index (χ3v) is 2.57. The summed E-state index contributed by atoms with van der Waals surface area (Å²) in [6.45, 7) is 8.67. The van der Waals surface area contributed by atoms with Crippen LogP contribution in [0.2, 0.25) is 0 Å². The molecular weight excluding hydrogens is 365 g/mol. The number of rotatable bonds is 6. The zero-order valence-electron chi connectivity index (χ0n) is 12.8. The van der Waals surface area contributed by atoms with Gasteiger partial charge in [-0.05, 0) is 30.5 Å². The normalized spacial score (nSPS) is 10.9. The van der Waals surface area contributed by atoms with Crippen LogP contribution in [0.1, 0.15) is 26.3 Å². The number of nitrogens with one attached hydrogen (secondary N) is 2. The Morgan fingerprint density at radius 1 is 1.30 bits per heavy atom. The summed E-state index contributed by atoms with van der Waals surface area (Å²) in [4.78, 5) is 4.20. The van der Waals surface area contributed by atoms with Crippen LogP contribution >= 0.6 is 24.0 Å². The Hall–Kier alpha value is -0.980. The van der Waals surface area contributed by atoms with Gasteiger partial charge in [-0.25, -0.2) is 0 Å². The van der Waals surface area contributed by atoms with Gasteiger partial charge < -0.3 is 15.4 Å². The van der Waals surface area contributed by atoms with Crippen molar-refractivity contribution in [2.75, 3.05) is 20.2 Å². The van der Waals surface area contributed by atoms with E-state index >= 15 is 0 Å². The standard InChI is InChI=1S/C15H25N3O.HI/c1-5-19-14-8-6-7-13(9-14)11-18-15(16-4)17-10-12(2)3;/h6-9,12H,5,10-11H2,1-4H3,(H2,16,17,18);1H. The minimum absolute atomic E-state index is 0. The first-order valence-corrected chi connectivity index (χ1v) is 6.82. The zero-order chi connectivity index (χ0) is 14.1. The predicted octanol–water partition coefficient (Wildman–Crippen LogP) is 3.02. The van der Waals surface area contributed by atoms with E-state index in [-0.39, 0.29) is 24.0 Å². The van der Waals surface area contributed by atoms with Gasteiger partial charge in [0.15, 0.2) is 5.96 Å². The average molecular weight is 391 g/mol. The summed E-state index contributed by atoms with van der Waals surface area (Å²) in [5, 5.41) is 6.58. The summed E-state index contributed by atoms with van der Waals surface area (Å²) in [6, 6.07) is 8.10. The molecule has 0 saturated carbocycles. The van der Waals surface area contributed by atoms with E-state index in [1.165, 1.54) is 5.56 Å². The molecule has 0 aromatic heterocycles.